The molecule has 1 aliphatic heterocycles. The van der Waals surface area contributed by atoms with Crippen LogP contribution in [0.25, 0.3) is 0 Å². The number of nitrogens with zero attached hydrogens (tertiary/aromatic N) is 2. The summed E-state index contributed by atoms with van der Waals surface area (Å²) >= 11 is 7.45. The molecule has 1 N–H and O–H groups in total. The molecule has 1 saturated heterocycles. The van der Waals surface area contributed by atoms with Crippen LogP contribution in [0.1, 0.15) is 36.4 Å². The summed E-state index contributed by atoms with van der Waals surface area (Å²) in [5, 5.41) is 12.7. The predicted octanol–water partition coefficient (Wildman–Crippen LogP) is 2.66. The molecule has 1 aromatic rings. The Bertz CT molecular complexity index is 351. The fourth-order valence-electron chi connectivity index (χ4n) is 2.28. The minimum atomic E-state index is -0.0643. The molecule has 0 radical (unpaired) electrons. The number of alkyl halides is 1. The first-order valence-electron chi connectivity index (χ1n) is 6.67. The van der Waals surface area contributed by atoms with Gasteiger partial charge in [-0.1, -0.05) is 0 Å². The number of halogens is 1. The molecule has 1 fully saturated rings. The van der Waals surface area contributed by atoms with Crippen LogP contribution in [0.5, 0.6) is 0 Å². The molecule has 2 rings (SSSR count). The minimum Gasteiger partial charge on any atom is -0.393 e. The molecule has 0 bridgehead atoms. The maximum Gasteiger partial charge on any atom is 0.0928 e. The van der Waals surface area contributed by atoms with E-state index in [-0.39, 0.29) is 6.10 Å². The number of unbranched alkanes of at least 4 members (excludes halogenated alkanes) is 1. The van der Waals surface area contributed by atoms with E-state index in [9.17, 15) is 5.11 Å². The molecule has 2 heterocycles. The summed E-state index contributed by atoms with van der Waals surface area (Å²) in [5.74, 6) is 0.520. The number of hydrogen-bond donors (Lipinski definition) is 1. The molecule has 1 aromatic heterocycles. The minimum absolute atomic E-state index is 0.0643. The maximum atomic E-state index is 9.43. The van der Waals surface area contributed by atoms with E-state index in [2.05, 4.69) is 9.88 Å². The van der Waals surface area contributed by atoms with Gasteiger partial charge in [-0.3, -0.25) is 0 Å². The van der Waals surface area contributed by atoms with E-state index in [1.807, 2.05) is 5.38 Å². The summed E-state index contributed by atoms with van der Waals surface area (Å²) in [6.45, 7) is 3.25. The van der Waals surface area contributed by atoms with E-state index in [1.54, 1.807) is 11.3 Å². The predicted molar refractivity (Wildman–Crippen MR) is 76.3 cm³/mol. The van der Waals surface area contributed by atoms with Crippen molar-refractivity contribution in [3.63, 3.8) is 0 Å². The third-order valence-corrected chi connectivity index (χ3v) is 4.64. The number of thiazole rings is 1. The van der Waals surface area contributed by atoms with E-state index < -0.39 is 0 Å². The first-order chi connectivity index (χ1) is 8.78. The number of rotatable bonds is 6. The highest BCUT2D eigenvalue weighted by Crippen LogP contribution is 2.15. The Hall–Kier alpha value is -0.160. The van der Waals surface area contributed by atoms with Gasteiger partial charge in [0.25, 0.3) is 0 Å². The molecule has 0 aromatic carbocycles. The van der Waals surface area contributed by atoms with Crippen molar-refractivity contribution in [3.05, 3.63) is 16.1 Å². The number of aliphatic hydroxyl groups excluding tert-OH is 1. The molecule has 0 unspecified atom stereocenters. The van der Waals surface area contributed by atoms with Gasteiger partial charge < -0.3 is 10.0 Å². The zero-order chi connectivity index (χ0) is 12.8. The van der Waals surface area contributed by atoms with Crippen molar-refractivity contribution in [2.24, 2.45) is 0 Å². The summed E-state index contributed by atoms with van der Waals surface area (Å²) in [5.41, 5.74) is 1.00. The van der Waals surface area contributed by atoms with Crippen molar-refractivity contribution < 1.29 is 5.11 Å². The third-order valence-electron chi connectivity index (χ3n) is 3.41. The van der Waals surface area contributed by atoms with Crippen molar-refractivity contribution in [2.75, 3.05) is 19.6 Å². The zero-order valence-corrected chi connectivity index (χ0v) is 12.2. The molecular formula is C13H21ClN2OS. The smallest absolute Gasteiger partial charge is 0.0928 e. The summed E-state index contributed by atoms with van der Waals surface area (Å²) < 4.78 is 0. The molecule has 3 nitrogen and oxygen atoms in total. The average Bonchev–Trinajstić information content (AvgIpc) is 2.85. The molecule has 0 saturated carbocycles. The largest absolute Gasteiger partial charge is 0.393 e. The normalized spacial score (nSPS) is 18.3. The number of piperidine rings is 1. The molecule has 5 heteroatoms. The molecule has 0 atom stereocenters. The van der Waals surface area contributed by atoms with Gasteiger partial charge in [0.1, 0.15) is 0 Å². The fraction of sp³-hybridized carbons (Fsp3) is 0.769. The molecule has 0 spiro atoms. The van der Waals surface area contributed by atoms with E-state index >= 15 is 0 Å². The van der Waals surface area contributed by atoms with Gasteiger partial charge in [-0.25, -0.2) is 4.98 Å². The second-order valence-electron chi connectivity index (χ2n) is 4.90. The lowest BCUT2D eigenvalue weighted by Gasteiger charge is -2.29. The summed E-state index contributed by atoms with van der Waals surface area (Å²) in [6, 6.07) is 0. The summed E-state index contributed by atoms with van der Waals surface area (Å²) in [4.78, 5) is 6.92. The monoisotopic (exact) mass is 288 g/mol. The highest BCUT2D eigenvalue weighted by atomic mass is 35.5. The van der Waals surface area contributed by atoms with Gasteiger partial charge in [0.15, 0.2) is 0 Å². The number of hydrogen-bond acceptors (Lipinski definition) is 4. The zero-order valence-electron chi connectivity index (χ0n) is 10.6. The molecular weight excluding hydrogens is 268 g/mol. The van der Waals surface area contributed by atoms with E-state index in [0.29, 0.717) is 5.88 Å². The Morgan fingerprint density at radius 1 is 1.39 bits per heavy atom. The molecule has 1 aliphatic rings. The number of aromatic nitrogens is 1. The van der Waals surface area contributed by atoms with Crippen LogP contribution in [0.15, 0.2) is 5.38 Å². The van der Waals surface area contributed by atoms with Crippen LogP contribution < -0.4 is 0 Å². The second-order valence-corrected chi connectivity index (χ2v) is 6.11. The van der Waals surface area contributed by atoms with Crippen LogP contribution in [-0.4, -0.2) is 40.7 Å². The van der Waals surface area contributed by atoms with Gasteiger partial charge >= 0.3 is 0 Å². The van der Waals surface area contributed by atoms with Crippen LogP contribution in [0, 0.1) is 0 Å². The maximum absolute atomic E-state index is 9.43. The van der Waals surface area contributed by atoms with Crippen LogP contribution in [0.3, 0.4) is 0 Å². The molecule has 0 aliphatic carbocycles. The lowest BCUT2D eigenvalue weighted by atomic mass is 10.1. The Labute approximate surface area is 118 Å². The average molecular weight is 289 g/mol. The number of aryl methyl sites for hydroxylation is 1. The van der Waals surface area contributed by atoms with Gasteiger partial charge in [-0.15, -0.1) is 22.9 Å². The van der Waals surface area contributed by atoms with Crippen molar-refractivity contribution in [3.8, 4) is 0 Å². The fourth-order valence-corrected chi connectivity index (χ4v) is 3.35. The topological polar surface area (TPSA) is 36.4 Å². The van der Waals surface area contributed by atoms with Crippen molar-refractivity contribution in [1.29, 1.82) is 0 Å². The van der Waals surface area contributed by atoms with Crippen LogP contribution >= 0.6 is 22.9 Å². The second kappa shape index (κ2) is 7.43. The number of likely N-dealkylation sites (tertiary alicyclic amines) is 1. The Morgan fingerprint density at radius 2 is 2.17 bits per heavy atom. The third kappa shape index (κ3) is 4.50. The quantitative estimate of drug-likeness (QED) is 0.646. The van der Waals surface area contributed by atoms with E-state index in [1.165, 1.54) is 17.8 Å². The Morgan fingerprint density at radius 3 is 2.83 bits per heavy atom. The molecule has 0 amide bonds. The van der Waals surface area contributed by atoms with Crippen molar-refractivity contribution >= 4 is 22.9 Å². The number of aliphatic hydroxyl groups is 1. The lowest BCUT2D eigenvalue weighted by Crippen LogP contribution is -2.36. The van der Waals surface area contributed by atoms with Crippen LogP contribution in [-0.2, 0) is 12.3 Å². The van der Waals surface area contributed by atoms with E-state index in [4.69, 9.17) is 11.6 Å². The van der Waals surface area contributed by atoms with Crippen molar-refractivity contribution in [1.82, 2.24) is 9.88 Å². The Kier molecular flexibility index (Phi) is 5.89. The van der Waals surface area contributed by atoms with Gasteiger partial charge in [-0.05, 0) is 38.6 Å². The highest BCUT2D eigenvalue weighted by Gasteiger charge is 2.15. The van der Waals surface area contributed by atoms with E-state index in [0.717, 1.165) is 44.6 Å². The SMILES string of the molecule is OC1CCN(CCCCc2nc(CCl)cs2)CC1. The molecule has 102 valence electrons. The van der Waals surface area contributed by atoms with Gasteiger partial charge in [0.05, 0.1) is 22.7 Å². The van der Waals surface area contributed by atoms with Gasteiger partial charge in [-0.2, -0.15) is 0 Å². The first kappa shape index (κ1) is 14.3. The Balaban J connectivity index is 1.58. The summed E-state index contributed by atoms with van der Waals surface area (Å²) in [7, 11) is 0. The standard InChI is InChI=1S/C13H21ClN2OS/c14-9-11-10-18-13(15-11)3-1-2-6-16-7-4-12(17)5-8-16/h10,12,17H,1-9H2. The van der Waals surface area contributed by atoms with Crippen LogP contribution in [0.4, 0.5) is 0 Å². The lowest BCUT2D eigenvalue weighted by molar-refractivity contribution is 0.0818. The van der Waals surface area contributed by atoms with Gasteiger partial charge in [0.2, 0.25) is 0 Å². The summed E-state index contributed by atoms with van der Waals surface area (Å²) in [6.07, 6.45) is 5.28. The van der Waals surface area contributed by atoms with Crippen LogP contribution in [0.2, 0.25) is 0 Å². The van der Waals surface area contributed by atoms with Crippen molar-refractivity contribution in [2.45, 2.75) is 44.1 Å². The van der Waals surface area contributed by atoms with Gasteiger partial charge in [0, 0.05) is 18.5 Å². The highest BCUT2D eigenvalue weighted by molar-refractivity contribution is 7.09. The first-order valence-corrected chi connectivity index (χ1v) is 8.09. The molecule has 18 heavy (non-hydrogen) atoms.